The minimum Gasteiger partial charge on any atom is -0.236 e. The third kappa shape index (κ3) is 1.99. The number of fused-ring (bicyclic) bond motifs is 1. The summed E-state index contributed by atoms with van der Waals surface area (Å²) in [6, 6.07) is 2.01. The predicted octanol–water partition coefficient (Wildman–Crippen LogP) is 2.05. The molecule has 0 aliphatic carbocycles. The van der Waals surface area contributed by atoms with Crippen molar-refractivity contribution in [1.29, 1.82) is 0 Å². The molecular weight excluding hydrogens is 186 g/mol. The Bertz CT molecular complexity index is 505. The molecule has 2 aromatic rings. The largest absolute Gasteiger partial charge is 0.236 e. The van der Waals surface area contributed by atoms with Gasteiger partial charge in [-0.05, 0) is 12.8 Å². The summed E-state index contributed by atoms with van der Waals surface area (Å²) in [6.07, 6.45) is 12.2. The van der Waals surface area contributed by atoms with Crippen molar-refractivity contribution in [2.45, 2.75) is 26.2 Å². The molecular formula is C12H13N3. The van der Waals surface area contributed by atoms with E-state index in [4.69, 9.17) is 6.42 Å². The van der Waals surface area contributed by atoms with Crippen LogP contribution in [0.25, 0.3) is 5.65 Å². The lowest BCUT2D eigenvalue weighted by atomic mass is 10.2. The molecule has 0 aromatic carbocycles. The summed E-state index contributed by atoms with van der Waals surface area (Å²) in [6.45, 7) is 2.17. The van der Waals surface area contributed by atoms with Crippen LogP contribution in [0.2, 0.25) is 0 Å². The molecule has 0 saturated carbocycles. The van der Waals surface area contributed by atoms with E-state index in [9.17, 15) is 0 Å². The molecule has 0 atom stereocenters. The topological polar surface area (TPSA) is 30.2 Å². The van der Waals surface area contributed by atoms with E-state index in [1.54, 1.807) is 10.7 Å². The van der Waals surface area contributed by atoms with Crippen molar-refractivity contribution in [2.75, 3.05) is 0 Å². The summed E-state index contributed by atoms with van der Waals surface area (Å²) in [7, 11) is 0. The molecule has 0 saturated heterocycles. The Hall–Kier alpha value is -1.82. The molecule has 3 nitrogen and oxygen atoms in total. The van der Waals surface area contributed by atoms with Gasteiger partial charge in [0.25, 0.3) is 0 Å². The third-order valence-electron chi connectivity index (χ3n) is 2.32. The molecule has 0 aliphatic heterocycles. The standard InChI is InChI=1S/C12H13N3/c1-3-5-6-11-7-12-13-8-10(4-2)9-15(12)14-11/h2,7-9H,3,5-6H2,1H3. The molecule has 0 radical (unpaired) electrons. The molecule has 0 bridgehead atoms. The summed E-state index contributed by atoms with van der Waals surface area (Å²) in [5, 5.41) is 4.42. The fourth-order valence-electron chi connectivity index (χ4n) is 1.48. The zero-order chi connectivity index (χ0) is 10.7. The smallest absolute Gasteiger partial charge is 0.155 e. The molecule has 0 fully saturated rings. The van der Waals surface area contributed by atoms with Crippen LogP contribution >= 0.6 is 0 Å². The Morgan fingerprint density at radius 3 is 3.13 bits per heavy atom. The van der Waals surface area contributed by atoms with Crippen molar-refractivity contribution < 1.29 is 0 Å². The summed E-state index contributed by atoms with van der Waals surface area (Å²) in [5.41, 5.74) is 2.70. The van der Waals surface area contributed by atoms with Gasteiger partial charge in [0.1, 0.15) is 0 Å². The highest BCUT2D eigenvalue weighted by Gasteiger charge is 2.02. The summed E-state index contributed by atoms with van der Waals surface area (Å²) >= 11 is 0. The fraction of sp³-hybridized carbons (Fsp3) is 0.333. The normalized spacial score (nSPS) is 10.4. The van der Waals surface area contributed by atoms with E-state index in [0.29, 0.717) is 0 Å². The first kappa shape index (κ1) is 9.72. The van der Waals surface area contributed by atoms with Gasteiger partial charge in [0, 0.05) is 18.5 Å². The van der Waals surface area contributed by atoms with Gasteiger partial charge in [-0.25, -0.2) is 9.50 Å². The van der Waals surface area contributed by atoms with Gasteiger partial charge in [0.05, 0.1) is 11.3 Å². The van der Waals surface area contributed by atoms with E-state index >= 15 is 0 Å². The molecule has 76 valence electrons. The molecule has 2 heterocycles. The monoisotopic (exact) mass is 199 g/mol. The zero-order valence-corrected chi connectivity index (χ0v) is 8.77. The number of rotatable bonds is 3. The minimum atomic E-state index is 0.757. The quantitative estimate of drug-likeness (QED) is 0.708. The second-order valence-corrected chi connectivity index (χ2v) is 3.53. The van der Waals surface area contributed by atoms with Gasteiger partial charge in [-0.2, -0.15) is 5.10 Å². The van der Waals surface area contributed by atoms with Gasteiger partial charge >= 0.3 is 0 Å². The first-order valence-corrected chi connectivity index (χ1v) is 5.14. The number of nitrogens with zero attached hydrogens (tertiary/aromatic N) is 3. The van der Waals surface area contributed by atoms with Crippen molar-refractivity contribution in [1.82, 2.24) is 14.6 Å². The van der Waals surface area contributed by atoms with E-state index in [1.165, 1.54) is 6.42 Å². The highest BCUT2D eigenvalue weighted by atomic mass is 15.2. The summed E-state index contributed by atoms with van der Waals surface area (Å²) < 4.78 is 1.75. The lowest BCUT2D eigenvalue weighted by molar-refractivity contribution is 0.761. The molecule has 2 rings (SSSR count). The predicted molar refractivity (Wildman–Crippen MR) is 59.5 cm³/mol. The Kier molecular flexibility index (Phi) is 2.68. The van der Waals surface area contributed by atoms with Crippen LogP contribution in [-0.2, 0) is 6.42 Å². The molecule has 0 unspecified atom stereocenters. The van der Waals surface area contributed by atoms with Crippen LogP contribution in [0.3, 0.4) is 0 Å². The average molecular weight is 199 g/mol. The number of aromatic nitrogens is 3. The van der Waals surface area contributed by atoms with Gasteiger partial charge in [0.2, 0.25) is 0 Å². The van der Waals surface area contributed by atoms with Crippen LogP contribution in [0.1, 0.15) is 31.0 Å². The van der Waals surface area contributed by atoms with Crippen LogP contribution in [0.4, 0.5) is 0 Å². The van der Waals surface area contributed by atoms with Crippen LogP contribution in [-0.4, -0.2) is 14.6 Å². The zero-order valence-electron chi connectivity index (χ0n) is 8.77. The number of hydrogen-bond acceptors (Lipinski definition) is 2. The maximum Gasteiger partial charge on any atom is 0.155 e. The molecule has 0 amide bonds. The van der Waals surface area contributed by atoms with Gasteiger partial charge < -0.3 is 0 Å². The van der Waals surface area contributed by atoms with Gasteiger partial charge in [-0.1, -0.05) is 19.3 Å². The van der Waals surface area contributed by atoms with Crippen molar-refractivity contribution >= 4 is 5.65 Å². The second kappa shape index (κ2) is 4.14. The number of aryl methyl sites for hydroxylation is 1. The van der Waals surface area contributed by atoms with E-state index in [-0.39, 0.29) is 0 Å². The molecule has 0 aliphatic rings. The van der Waals surface area contributed by atoms with Crippen LogP contribution in [0.5, 0.6) is 0 Å². The highest BCUT2D eigenvalue weighted by Crippen LogP contribution is 2.07. The SMILES string of the molecule is C#Cc1cnc2cc(CCCC)nn2c1. The Balaban J connectivity index is 2.34. The van der Waals surface area contributed by atoms with Gasteiger partial charge in [-0.3, -0.25) is 0 Å². The van der Waals surface area contributed by atoms with E-state index in [2.05, 4.69) is 22.9 Å². The summed E-state index contributed by atoms with van der Waals surface area (Å²) in [5.74, 6) is 2.55. The highest BCUT2D eigenvalue weighted by molar-refractivity contribution is 5.41. The molecule has 0 N–H and O–H groups in total. The average Bonchev–Trinajstić information content (AvgIpc) is 2.67. The molecule has 15 heavy (non-hydrogen) atoms. The van der Waals surface area contributed by atoms with Crippen LogP contribution in [0, 0.1) is 12.3 Å². The van der Waals surface area contributed by atoms with E-state index < -0.39 is 0 Å². The van der Waals surface area contributed by atoms with Gasteiger partial charge in [-0.15, -0.1) is 6.42 Å². The lowest BCUT2D eigenvalue weighted by Gasteiger charge is -1.92. The Morgan fingerprint density at radius 1 is 1.53 bits per heavy atom. The first-order valence-electron chi connectivity index (χ1n) is 5.14. The lowest BCUT2D eigenvalue weighted by Crippen LogP contribution is -1.92. The Morgan fingerprint density at radius 2 is 2.40 bits per heavy atom. The van der Waals surface area contributed by atoms with Crippen molar-refractivity contribution in [3.63, 3.8) is 0 Å². The molecule has 2 aromatic heterocycles. The molecule has 0 spiro atoms. The maximum atomic E-state index is 5.30. The summed E-state index contributed by atoms with van der Waals surface area (Å²) in [4.78, 5) is 4.24. The van der Waals surface area contributed by atoms with Crippen LogP contribution < -0.4 is 0 Å². The number of unbranched alkanes of at least 4 members (excludes halogenated alkanes) is 1. The second-order valence-electron chi connectivity index (χ2n) is 3.53. The number of terminal acetylenes is 1. The molecule has 3 heteroatoms. The Labute approximate surface area is 89.1 Å². The fourth-order valence-corrected chi connectivity index (χ4v) is 1.48. The number of hydrogen-bond donors (Lipinski definition) is 0. The van der Waals surface area contributed by atoms with Gasteiger partial charge in [0.15, 0.2) is 5.65 Å². The maximum absolute atomic E-state index is 5.30. The van der Waals surface area contributed by atoms with Crippen molar-refractivity contribution in [2.24, 2.45) is 0 Å². The van der Waals surface area contributed by atoms with Crippen molar-refractivity contribution in [3.8, 4) is 12.3 Å². The third-order valence-corrected chi connectivity index (χ3v) is 2.32. The van der Waals surface area contributed by atoms with Crippen LogP contribution in [0.15, 0.2) is 18.5 Å². The first-order chi connectivity index (χ1) is 7.33. The van der Waals surface area contributed by atoms with E-state index in [1.807, 2.05) is 12.3 Å². The van der Waals surface area contributed by atoms with Crippen molar-refractivity contribution in [3.05, 3.63) is 29.7 Å². The van der Waals surface area contributed by atoms with E-state index in [0.717, 1.165) is 29.7 Å². The minimum absolute atomic E-state index is 0.757.